The van der Waals surface area contributed by atoms with Gasteiger partial charge < -0.3 is 9.88 Å². The monoisotopic (exact) mass is 279 g/mol. The van der Waals surface area contributed by atoms with Gasteiger partial charge in [-0.15, -0.1) is 0 Å². The molecule has 2 aromatic rings. The van der Waals surface area contributed by atoms with Crippen LogP contribution in [0.25, 0.3) is 11.3 Å². The van der Waals surface area contributed by atoms with Crippen LogP contribution in [0.5, 0.6) is 0 Å². The molecule has 3 nitrogen and oxygen atoms in total. The highest BCUT2D eigenvalue weighted by Crippen LogP contribution is 2.27. The number of nitrogens with zero attached hydrogens (tertiary/aromatic N) is 2. The van der Waals surface area contributed by atoms with Crippen molar-refractivity contribution in [1.29, 1.82) is 0 Å². The third-order valence-corrected chi connectivity index (χ3v) is 3.26. The van der Waals surface area contributed by atoms with Crippen molar-refractivity contribution in [2.45, 2.75) is 6.54 Å². The molecule has 84 valence electrons. The van der Waals surface area contributed by atoms with Crippen LogP contribution in [0.15, 0.2) is 34.9 Å². The minimum absolute atomic E-state index is 0.779. The summed E-state index contributed by atoms with van der Waals surface area (Å²) in [6.45, 7) is 0.779. The van der Waals surface area contributed by atoms with Gasteiger partial charge in [0.15, 0.2) is 0 Å². The van der Waals surface area contributed by atoms with Crippen LogP contribution >= 0.6 is 15.9 Å². The van der Waals surface area contributed by atoms with Gasteiger partial charge >= 0.3 is 0 Å². The van der Waals surface area contributed by atoms with Gasteiger partial charge in [-0.05, 0) is 13.1 Å². The number of halogens is 1. The van der Waals surface area contributed by atoms with Crippen LogP contribution in [-0.4, -0.2) is 16.6 Å². The molecule has 16 heavy (non-hydrogen) atoms. The molecule has 0 saturated carbocycles. The molecule has 0 fully saturated rings. The Kier molecular flexibility index (Phi) is 3.41. The normalized spacial score (nSPS) is 10.7. The predicted molar refractivity (Wildman–Crippen MR) is 69.1 cm³/mol. The Morgan fingerprint density at radius 1 is 1.38 bits per heavy atom. The summed E-state index contributed by atoms with van der Waals surface area (Å²) in [5.41, 5.74) is 2.29. The summed E-state index contributed by atoms with van der Waals surface area (Å²) in [7, 11) is 3.96. The minimum atomic E-state index is 0.779. The zero-order valence-corrected chi connectivity index (χ0v) is 11.0. The van der Waals surface area contributed by atoms with Gasteiger partial charge in [0.25, 0.3) is 0 Å². The van der Waals surface area contributed by atoms with Crippen LogP contribution in [-0.2, 0) is 13.6 Å². The highest BCUT2D eigenvalue weighted by molar-refractivity contribution is 9.10. The standard InChI is InChI=1S/C12H14BrN3/c1-14-8-12-15-7-11(16(12)2)9-5-3-4-6-10(9)13/h3-7,14H,8H2,1-2H3. The van der Waals surface area contributed by atoms with Crippen molar-refractivity contribution >= 4 is 15.9 Å². The maximum atomic E-state index is 4.40. The number of aromatic nitrogens is 2. The number of hydrogen-bond acceptors (Lipinski definition) is 2. The molecule has 0 atom stereocenters. The zero-order valence-electron chi connectivity index (χ0n) is 9.37. The first-order valence-electron chi connectivity index (χ1n) is 5.14. The third kappa shape index (κ3) is 2.03. The maximum absolute atomic E-state index is 4.40. The Morgan fingerprint density at radius 2 is 2.12 bits per heavy atom. The van der Waals surface area contributed by atoms with E-state index in [1.54, 1.807) is 0 Å². The second-order valence-electron chi connectivity index (χ2n) is 3.63. The van der Waals surface area contributed by atoms with Gasteiger partial charge in [0.1, 0.15) is 5.82 Å². The van der Waals surface area contributed by atoms with Crippen molar-refractivity contribution in [3.8, 4) is 11.3 Å². The summed E-state index contributed by atoms with van der Waals surface area (Å²) in [5.74, 6) is 1.04. The molecule has 0 saturated heterocycles. The Bertz CT molecular complexity index is 491. The molecule has 1 aromatic heterocycles. The Morgan fingerprint density at radius 3 is 2.81 bits per heavy atom. The molecular formula is C12H14BrN3. The van der Waals surface area contributed by atoms with Gasteiger partial charge in [-0.3, -0.25) is 0 Å². The van der Waals surface area contributed by atoms with Crippen molar-refractivity contribution in [3.05, 3.63) is 40.8 Å². The van der Waals surface area contributed by atoms with Crippen molar-refractivity contribution in [2.24, 2.45) is 7.05 Å². The van der Waals surface area contributed by atoms with E-state index < -0.39 is 0 Å². The molecule has 1 N–H and O–H groups in total. The fraction of sp³-hybridized carbons (Fsp3) is 0.250. The number of nitrogens with one attached hydrogen (secondary N) is 1. The number of imidazole rings is 1. The number of rotatable bonds is 3. The second-order valence-corrected chi connectivity index (χ2v) is 4.48. The van der Waals surface area contributed by atoms with Crippen LogP contribution < -0.4 is 5.32 Å². The summed E-state index contributed by atoms with van der Waals surface area (Å²) in [5, 5.41) is 3.11. The van der Waals surface area contributed by atoms with Gasteiger partial charge in [-0.2, -0.15) is 0 Å². The molecule has 0 unspecified atom stereocenters. The van der Waals surface area contributed by atoms with Crippen LogP contribution in [0.3, 0.4) is 0 Å². The van der Waals surface area contributed by atoms with Gasteiger partial charge in [-0.1, -0.05) is 34.1 Å². The summed E-state index contributed by atoms with van der Waals surface area (Å²) in [6, 6.07) is 8.17. The van der Waals surface area contributed by atoms with E-state index in [-0.39, 0.29) is 0 Å². The van der Waals surface area contributed by atoms with Gasteiger partial charge in [0.05, 0.1) is 18.4 Å². The number of benzene rings is 1. The molecule has 0 aliphatic heterocycles. The van der Waals surface area contributed by atoms with Crippen molar-refractivity contribution in [3.63, 3.8) is 0 Å². The first-order valence-corrected chi connectivity index (χ1v) is 5.93. The third-order valence-electron chi connectivity index (χ3n) is 2.57. The van der Waals surface area contributed by atoms with E-state index in [0.717, 1.165) is 22.5 Å². The van der Waals surface area contributed by atoms with E-state index in [4.69, 9.17) is 0 Å². The fourth-order valence-corrected chi connectivity index (χ4v) is 2.18. The lowest BCUT2D eigenvalue weighted by molar-refractivity contribution is 0.712. The average molecular weight is 280 g/mol. The van der Waals surface area contributed by atoms with E-state index in [0.29, 0.717) is 0 Å². The summed E-state index contributed by atoms with van der Waals surface area (Å²) >= 11 is 3.56. The van der Waals surface area contributed by atoms with Crippen LogP contribution in [0.1, 0.15) is 5.82 Å². The Balaban J connectivity index is 2.45. The summed E-state index contributed by atoms with van der Waals surface area (Å²) in [4.78, 5) is 4.40. The van der Waals surface area contributed by atoms with E-state index >= 15 is 0 Å². The van der Waals surface area contributed by atoms with Crippen molar-refractivity contribution < 1.29 is 0 Å². The molecule has 4 heteroatoms. The largest absolute Gasteiger partial charge is 0.330 e. The minimum Gasteiger partial charge on any atom is -0.330 e. The van der Waals surface area contributed by atoms with Crippen molar-refractivity contribution in [2.75, 3.05) is 7.05 Å². The highest BCUT2D eigenvalue weighted by atomic mass is 79.9. The van der Waals surface area contributed by atoms with E-state index in [9.17, 15) is 0 Å². The second kappa shape index (κ2) is 4.80. The van der Waals surface area contributed by atoms with Gasteiger partial charge in [0.2, 0.25) is 0 Å². The first kappa shape index (κ1) is 11.4. The Hall–Kier alpha value is -1.13. The topological polar surface area (TPSA) is 29.9 Å². The fourth-order valence-electron chi connectivity index (χ4n) is 1.69. The van der Waals surface area contributed by atoms with Gasteiger partial charge in [-0.25, -0.2) is 4.98 Å². The molecule has 0 aliphatic rings. The van der Waals surface area contributed by atoms with Crippen LogP contribution in [0.4, 0.5) is 0 Å². The molecular weight excluding hydrogens is 266 g/mol. The lowest BCUT2D eigenvalue weighted by Crippen LogP contribution is -2.10. The predicted octanol–water partition coefficient (Wildman–Crippen LogP) is 2.57. The molecule has 0 amide bonds. The molecule has 0 radical (unpaired) electrons. The number of hydrogen-bond donors (Lipinski definition) is 1. The van der Waals surface area contributed by atoms with Crippen molar-refractivity contribution in [1.82, 2.24) is 14.9 Å². The van der Waals surface area contributed by atoms with Crippen LogP contribution in [0.2, 0.25) is 0 Å². The quantitative estimate of drug-likeness (QED) is 0.936. The SMILES string of the molecule is CNCc1ncc(-c2ccccc2Br)n1C. The van der Waals surface area contributed by atoms with E-state index in [2.05, 4.69) is 36.9 Å². The molecule has 0 aliphatic carbocycles. The molecule has 1 aromatic carbocycles. The zero-order chi connectivity index (χ0) is 11.5. The smallest absolute Gasteiger partial charge is 0.122 e. The first-order chi connectivity index (χ1) is 7.74. The lowest BCUT2D eigenvalue weighted by Gasteiger charge is -2.07. The Labute approximate surface area is 104 Å². The van der Waals surface area contributed by atoms with E-state index in [1.165, 1.54) is 5.56 Å². The average Bonchev–Trinajstić information content (AvgIpc) is 2.62. The molecule has 2 rings (SSSR count). The summed E-state index contributed by atoms with van der Waals surface area (Å²) in [6.07, 6.45) is 1.91. The van der Waals surface area contributed by atoms with Crippen LogP contribution in [0, 0.1) is 0 Å². The molecule has 0 spiro atoms. The lowest BCUT2D eigenvalue weighted by atomic mass is 10.2. The highest BCUT2D eigenvalue weighted by Gasteiger charge is 2.09. The summed E-state index contributed by atoms with van der Waals surface area (Å²) < 4.78 is 3.20. The molecule has 0 bridgehead atoms. The van der Waals surface area contributed by atoms with E-state index in [1.807, 2.05) is 38.5 Å². The maximum Gasteiger partial charge on any atom is 0.122 e. The van der Waals surface area contributed by atoms with Gasteiger partial charge in [0, 0.05) is 17.1 Å². The molecule has 1 heterocycles.